The first-order valence-electron chi connectivity index (χ1n) is 3.16. The molecule has 2 heteroatoms. The molecule has 0 amide bonds. The molecule has 0 aliphatic carbocycles. The molecular weight excluding hydrogens is 134 g/mol. The number of aromatic nitrogens is 1. The average Bonchev–Trinajstić information content (AvgIpc) is 2.18. The first-order chi connectivity index (χ1) is 4.34. The second-order valence-corrected chi connectivity index (χ2v) is 2.46. The lowest BCUT2D eigenvalue weighted by molar-refractivity contribution is 0.893. The van der Waals surface area contributed by atoms with Crippen molar-refractivity contribution in [2.75, 3.05) is 0 Å². The summed E-state index contributed by atoms with van der Waals surface area (Å²) < 4.78 is 0. The Morgan fingerprint density at radius 3 is 2.89 bits per heavy atom. The molecule has 0 aliphatic rings. The summed E-state index contributed by atoms with van der Waals surface area (Å²) >= 11 is 5.79. The molecule has 0 spiro atoms. The van der Waals surface area contributed by atoms with Crippen LogP contribution >= 0.6 is 11.6 Å². The Labute approximate surface area is 60.0 Å². The topological polar surface area (TPSA) is 15.8 Å². The van der Waals surface area contributed by atoms with Gasteiger partial charge in [0.15, 0.2) is 0 Å². The highest BCUT2D eigenvalue weighted by Gasteiger charge is 1.96. The molecule has 50 valence electrons. The van der Waals surface area contributed by atoms with Crippen molar-refractivity contribution in [3.63, 3.8) is 0 Å². The van der Waals surface area contributed by atoms with Crippen LogP contribution in [0.5, 0.6) is 0 Å². The second kappa shape index (κ2) is 2.92. The van der Waals surface area contributed by atoms with Gasteiger partial charge in [-0.3, -0.25) is 0 Å². The zero-order chi connectivity index (χ0) is 6.69. The molecule has 0 bridgehead atoms. The minimum atomic E-state index is 0.858. The van der Waals surface area contributed by atoms with E-state index in [2.05, 4.69) is 11.9 Å². The van der Waals surface area contributed by atoms with Crippen molar-refractivity contribution < 1.29 is 0 Å². The molecule has 1 nitrogen and oxygen atoms in total. The molecule has 0 fully saturated rings. The van der Waals surface area contributed by atoms with Crippen LogP contribution in [0.3, 0.4) is 0 Å². The number of aryl methyl sites for hydroxylation is 1. The van der Waals surface area contributed by atoms with E-state index in [1.54, 1.807) is 0 Å². The normalized spacial score (nSPS) is 10.0. The highest BCUT2D eigenvalue weighted by molar-refractivity contribution is 6.31. The third-order valence-electron chi connectivity index (χ3n) is 1.28. The van der Waals surface area contributed by atoms with Gasteiger partial charge < -0.3 is 4.98 Å². The Morgan fingerprint density at radius 1 is 1.67 bits per heavy atom. The maximum absolute atomic E-state index is 5.79. The van der Waals surface area contributed by atoms with E-state index in [9.17, 15) is 0 Å². The van der Waals surface area contributed by atoms with Gasteiger partial charge in [-0.25, -0.2) is 0 Å². The number of aromatic amines is 1. The lowest BCUT2D eigenvalue weighted by atomic mass is 10.3. The fraction of sp³-hybridized carbons (Fsp3) is 0.429. The van der Waals surface area contributed by atoms with Gasteiger partial charge in [0.05, 0.1) is 5.02 Å². The zero-order valence-electron chi connectivity index (χ0n) is 5.45. The number of nitrogens with one attached hydrogen (secondary N) is 1. The summed E-state index contributed by atoms with van der Waals surface area (Å²) in [6.45, 7) is 2.14. The van der Waals surface area contributed by atoms with Crippen LogP contribution in [0.15, 0.2) is 12.3 Å². The number of H-pyrrole nitrogens is 1. The standard InChI is InChI=1S/C7H10ClN/c1-2-3-7-6(8)4-5-9-7/h4-5,9H,2-3H2,1H3. The maximum atomic E-state index is 5.79. The SMILES string of the molecule is CCCc1[nH]ccc1Cl. The van der Waals surface area contributed by atoms with Crippen LogP contribution in [-0.4, -0.2) is 4.98 Å². The van der Waals surface area contributed by atoms with E-state index in [1.165, 1.54) is 0 Å². The Balaban J connectivity index is 2.69. The van der Waals surface area contributed by atoms with Gasteiger partial charge in [0.1, 0.15) is 0 Å². The molecular formula is C7H10ClN. The first kappa shape index (κ1) is 6.69. The number of rotatable bonds is 2. The second-order valence-electron chi connectivity index (χ2n) is 2.05. The van der Waals surface area contributed by atoms with E-state index >= 15 is 0 Å². The monoisotopic (exact) mass is 143 g/mol. The van der Waals surface area contributed by atoms with E-state index in [-0.39, 0.29) is 0 Å². The van der Waals surface area contributed by atoms with Gasteiger partial charge in [-0.1, -0.05) is 24.9 Å². The fourth-order valence-electron chi connectivity index (χ4n) is 0.827. The summed E-state index contributed by atoms with van der Waals surface area (Å²) in [5.41, 5.74) is 1.15. The van der Waals surface area contributed by atoms with E-state index in [1.807, 2.05) is 12.3 Å². The Kier molecular flexibility index (Phi) is 2.17. The summed E-state index contributed by atoms with van der Waals surface area (Å²) in [6, 6.07) is 1.88. The molecule has 0 saturated heterocycles. The van der Waals surface area contributed by atoms with Crippen molar-refractivity contribution in [3.8, 4) is 0 Å². The van der Waals surface area contributed by atoms with Crippen molar-refractivity contribution in [3.05, 3.63) is 23.0 Å². The molecule has 1 N–H and O–H groups in total. The number of hydrogen-bond acceptors (Lipinski definition) is 0. The first-order valence-corrected chi connectivity index (χ1v) is 3.54. The van der Waals surface area contributed by atoms with Crippen LogP contribution in [-0.2, 0) is 6.42 Å². The van der Waals surface area contributed by atoms with Gasteiger partial charge >= 0.3 is 0 Å². The molecule has 1 aromatic rings. The van der Waals surface area contributed by atoms with Crippen molar-refractivity contribution in [2.45, 2.75) is 19.8 Å². The summed E-state index contributed by atoms with van der Waals surface area (Å²) in [6.07, 6.45) is 4.05. The Morgan fingerprint density at radius 2 is 2.44 bits per heavy atom. The van der Waals surface area contributed by atoms with Crippen LogP contribution in [0.25, 0.3) is 0 Å². The molecule has 0 saturated carbocycles. The summed E-state index contributed by atoms with van der Waals surface area (Å²) in [5, 5.41) is 0.858. The summed E-state index contributed by atoms with van der Waals surface area (Å²) in [5.74, 6) is 0. The van der Waals surface area contributed by atoms with Gasteiger partial charge in [-0.2, -0.15) is 0 Å². The molecule has 1 heterocycles. The zero-order valence-corrected chi connectivity index (χ0v) is 6.20. The maximum Gasteiger partial charge on any atom is 0.0612 e. The average molecular weight is 144 g/mol. The summed E-state index contributed by atoms with van der Waals surface area (Å²) in [4.78, 5) is 3.07. The van der Waals surface area contributed by atoms with E-state index in [0.29, 0.717) is 0 Å². The van der Waals surface area contributed by atoms with Crippen molar-refractivity contribution in [1.29, 1.82) is 0 Å². The Hall–Kier alpha value is -0.430. The lowest BCUT2D eigenvalue weighted by Crippen LogP contribution is -1.81. The smallest absolute Gasteiger partial charge is 0.0612 e. The molecule has 0 unspecified atom stereocenters. The molecule has 9 heavy (non-hydrogen) atoms. The highest BCUT2D eigenvalue weighted by Crippen LogP contribution is 2.14. The van der Waals surface area contributed by atoms with Gasteiger partial charge in [-0.05, 0) is 12.5 Å². The van der Waals surface area contributed by atoms with Crippen molar-refractivity contribution >= 4 is 11.6 Å². The van der Waals surface area contributed by atoms with E-state index in [4.69, 9.17) is 11.6 Å². The molecule has 1 aromatic heterocycles. The third-order valence-corrected chi connectivity index (χ3v) is 1.63. The minimum absolute atomic E-state index is 0.858. The minimum Gasteiger partial charge on any atom is -0.364 e. The predicted octanol–water partition coefficient (Wildman–Crippen LogP) is 2.62. The molecule has 0 aliphatic heterocycles. The number of halogens is 1. The van der Waals surface area contributed by atoms with Gasteiger partial charge in [0.25, 0.3) is 0 Å². The fourth-order valence-corrected chi connectivity index (χ4v) is 1.04. The van der Waals surface area contributed by atoms with E-state index < -0.39 is 0 Å². The Bertz CT molecular complexity index is 181. The number of hydrogen-bond donors (Lipinski definition) is 1. The van der Waals surface area contributed by atoms with Crippen LogP contribution in [0.1, 0.15) is 19.0 Å². The van der Waals surface area contributed by atoms with Crippen LogP contribution in [0, 0.1) is 0 Å². The van der Waals surface area contributed by atoms with Crippen LogP contribution < -0.4 is 0 Å². The van der Waals surface area contributed by atoms with Crippen molar-refractivity contribution in [1.82, 2.24) is 4.98 Å². The van der Waals surface area contributed by atoms with Crippen LogP contribution in [0.4, 0.5) is 0 Å². The largest absolute Gasteiger partial charge is 0.364 e. The van der Waals surface area contributed by atoms with Gasteiger partial charge in [0.2, 0.25) is 0 Å². The third kappa shape index (κ3) is 1.49. The van der Waals surface area contributed by atoms with Crippen LogP contribution in [0.2, 0.25) is 5.02 Å². The quantitative estimate of drug-likeness (QED) is 0.655. The molecule has 0 radical (unpaired) electrons. The summed E-state index contributed by atoms with van der Waals surface area (Å²) in [7, 11) is 0. The predicted molar refractivity (Wildman–Crippen MR) is 39.8 cm³/mol. The highest BCUT2D eigenvalue weighted by atomic mass is 35.5. The molecule has 1 rings (SSSR count). The van der Waals surface area contributed by atoms with Gasteiger partial charge in [0, 0.05) is 11.9 Å². The molecule has 0 atom stereocenters. The van der Waals surface area contributed by atoms with Crippen molar-refractivity contribution in [2.24, 2.45) is 0 Å². The molecule has 0 aromatic carbocycles. The van der Waals surface area contributed by atoms with Gasteiger partial charge in [-0.15, -0.1) is 0 Å². The van der Waals surface area contributed by atoms with E-state index in [0.717, 1.165) is 23.6 Å². The lowest BCUT2D eigenvalue weighted by Gasteiger charge is -1.91.